The lowest BCUT2D eigenvalue weighted by Crippen LogP contribution is -2.49. The maximum atomic E-state index is 12.3. The van der Waals surface area contributed by atoms with E-state index in [4.69, 9.17) is 9.47 Å². The van der Waals surface area contributed by atoms with Crippen molar-refractivity contribution in [3.8, 4) is 0 Å². The number of pyridine rings is 1. The number of anilines is 1. The van der Waals surface area contributed by atoms with Crippen LogP contribution in [0.15, 0.2) is 24.5 Å². The fourth-order valence-electron chi connectivity index (χ4n) is 3.24. The zero-order chi connectivity index (χ0) is 21.3. The Morgan fingerprint density at radius 2 is 1.90 bits per heavy atom. The number of nitrogens with one attached hydrogen (secondary N) is 2. The maximum Gasteiger partial charge on any atom is 0.407 e. The summed E-state index contributed by atoms with van der Waals surface area (Å²) in [5.41, 5.74) is 0.608. The molecule has 2 N–H and O–H groups in total. The first-order valence-electron chi connectivity index (χ1n) is 10.3. The van der Waals surface area contributed by atoms with Crippen molar-refractivity contribution < 1.29 is 19.1 Å². The zero-order valence-corrected chi connectivity index (χ0v) is 17.9. The highest BCUT2D eigenvalue weighted by Gasteiger charge is 2.25. The predicted octanol–water partition coefficient (Wildman–Crippen LogP) is 2.34. The van der Waals surface area contributed by atoms with Gasteiger partial charge in [0.05, 0.1) is 6.61 Å². The molecule has 1 aliphatic rings. The van der Waals surface area contributed by atoms with Crippen LogP contribution < -0.4 is 15.5 Å². The number of rotatable bonds is 8. The van der Waals surface area contributed by atoms with Crippen LogP contribution in [-0.4, -0.2) is 61.5 Å². The first kappa shape index (κ1) is 22.9. The van der Waals surface area contributed by atoms with Crippen molar-refractivity contribution in [1.82, 2.24) is 15.6 Å². The Balaban J connectivity index is 1.80. The predicted molar refractivity (Wildman–Crippen MR) is 112 cm³/mol. The van der Waals surface area contributed by atoms with Crippen molar-refractivity contribution in [2.45, 2.75) is 52.2 Å². The van der Waals surface area contributed by atoms with Gasteiger partial charge >= 0.3 is 12.1 Å². The summed E-state index contributed by atoms with van der Waals surface area (Å²) in [7, 11) is 0. The molecule has 2 heterocycles. The van der Waals surface area contributed by atoms with Crippen LogP contribution in [0.5, 0.6) is 0 Å². The molecule has 0 radical (unpaired) electrons. The first-order chi connectivity index (χ1) is 13.8. The number of aromatic nitrogens is 1. The van der Waals surface area contributed by atoms with Crippen LogP contribution in [0, 0.1) is 5.92 Å². The largest absolute Gasteiger partial charge is 0.465 e. The molecule has 0 saturated carbocycles. The van der Waals surface area contributed by atoms with Gasteiger partial charge in [-0.15, -0.1) is 0 Å². The van der Waals surface area contributed by atoms with Crippen molar-refractivity contribution in [2.24, 2.45) is 5.92 Å². The minimum Gasteiger partial charge on any atom is -0.465 e. The molecule has 1 saturated heterocycles. The van der Waals surface area contributed by atoms with Crippen LogP contribution in [0.25, 0.3) is 0 Å². The van der Waals surface area contributed by atoms with E-state index in [9.17, 15) is 9.59 Å². The molecule has 8 nitrogen and oxygen atoms in total. The summed E-state index contributed by atoms with van der Waals surface area (Å²) in [5, 5.41) is 5.93. The number of carbonyl (C=O) groups excluding carboxylic acids is 2. The molecule has 1 aromatic heterocycles. The fraction of sp³-hybridized carbons (Fsp3) is 0.667. The highest BCUT2D eigenvalue weighted by atomic mass is 16.6. The van der Waals surface area contributed by atoms with E-state index >= 15 is 0 Å². The number of alkyl carbamates (subject to hydrolysis) is 1. The monoisotopic (exact) mass is 406 g/mol. The molecule has 1 unspecified atom stereocenters. The lowest BCUT2D eigenvalue weighted by molar-refractivity contribution is -0.145. The van der Waals surface area contributed by atoms with Gasteiger partial charge < -0.3 is 25.0 Å². The second kappa shape index (κ2) is 11.0. The third-order valence-corrected chi connectivity index (χ3v) is 4.72. The second-order valence-corrected chi connectivity index (χ2v) is 8.23. The number of hydrogen-bond acceptors (Lipinski definition) is 7. The van der Waals surface area contributed by atoms with Crippen LogP contribution in [0.4, 0.5) is 10.5 Å². The summed E-state index contributed by atoms with van der Waals surface area (Å²) in [6.45, 7) is 10.2. The molecule has 0 aliphatic carbocycles. The highest BCUT2D eigenvalue weighted by Crippen LogP contribution is 2.22. The molecule has 29 heavy (non-hydrogen) atoms. The Bertz CT molecular complexity index is 640. The lowest BCUT2D eigenvalue weighted by Gasteiger charge is -2.34. The van der Waals surface area contributed by atoms with Crippen molar-refractivity contribution in [3.05, 3.63) is 24.5 Å². The van der Waals surface area contributed by atoms with E-state index in [1.807, 2.05) is 24.5 Å². The number of amides is 1. The van der Waals surface area contributed by atoms with Gasteiger partial charge in [-0.05, 0) is 65.1 Å². The van der Waals surface area contributed by atoms with E-state index in [1.54, 1.807) is 27.7 Å². The molecule has 1 fully saturated rings. The molecule has 0 spiro atoms. The minimum absolute atomic E-state index is 0.129. The molecule has 0 bridgehead atoms. The van der Waals surface area contributed by atoms with Crippen LogP contribution in [0.1, 0.15) is 40.5 Å². The third kappa shape index (κ3) is 8.27. The Morgan fingerprint density at radius 3 is 2.48 bits per heavy atom. The molecule has 8 heteroatoms. The van der Waals surface area contributed by atoms with Gasteiger partial charge in [0.25, 0.3) is 0 Å². The minimum atomic E-state index is -0.597. The molecule has 0 aromatic carbocycles. The van der Waals surface area contributed by atoms with Gasteiger partial charge in [0.2, 0.25) is 0 Å². The van der Waals surface area contributed by atoms with Gasteiger partial charge in [-0.2, -0.15) is 0 Å². The Morgan fingerprint density at radius 1 is 1.24 bits per heavy atom. The van der Waals surface area contributed by atoms with Crippen LogP contribution in [-0.2, 0) is 14.3 Å². The summed E-state index contributed by atoms with van der Waals surface area (Å²) in [6.07, 6.45) is 5.14. The Kier molecular flexibility index (Phi) is 8.70. The van der Waals surface area contributed by atoms with Gasteiger partial charge in [-0.25, -0.2) is 4.79 Å². The Labute approximate surface area is 173 Å². The number of piperidine rings is 1. The molecule has 1 aliphatic heterocycles. The highest BCUT2D eigenvalue weighted by molar-refractivity contribution is 5.77. The summed E-state index contributed by atoms with van der Waals surface area (Å²) in [4.78, 5) is 30.6. The Hall–Kier alpha value is -2.35. The van der Waals surface area contributed by atoms with E-state index in [0.717, 1.165) is 25.9 Å². The molecular weight excluding hydrogens is 372 g/mol. The number of hydrogen-bond donors (Lipinski definition) is 2. The summed E-state index contributed by atoms with van der Waals surface area (Å²) in [6, 6.07) is 3.45. The van der Waals surface area contributed by atoms with E-state index in [0.29, 0.717) is 19.1 Å². The molecule has 1 amide bonds. The molecule has 1 atom stereocenters. The summed E-state index contributed by atoms with van der Waals surface area (Å²) < 4.78 is 10.4. The first-order valence-corrected chi connectivity index (χ1v) is 10.3. The molecule has 2 rings (SSSR count). The summed E-state index contributed by atoms with van der Waals surface area (Å²) in [5.74, 6) is 0.101. The van der Waals surface area contributed by atoms with E-state index in [1.165, 1.54) is 5.69 Å². The van der Waals surface area contributed by atoms with Crippen molar-refractivity contribution in [2.75, 3.05) is 37.7 Å². The van der Waals surface area contributed by atoms with Crippen LogP contribution in [0.2, 0.25) is 0 Å². The van der Waals surface area contributed by atoms with Gasteiger partial charge in [-0.1, -0.05) is 0 Å². The van der Waals surface area contributed by atoms with Gasteiger partial charge in [-0.3, -0.25) is 9.78 Å². The van der Waals surface area contributed by atoms with Crippen molar-refractivity contribution in [1.29, 1.82) is 0 Å². The van der Waals surface area contributed by atoms with Gasteiger partial charge in [0, 0.05) is 37.7 Å². The lowest BCUT2D eigenvalue weighted by atomic mass is 9.96. The SMILES string of the molecule is CCOC(=O)C(CNC(=O)OC(C)(C)C)NCC1CCN(c2ccncc2)CC1. The molecule has 162 valence electrons. The number of ether oxygens (including phenoxy) is 2. The van der Waals surface area contributed by atoms with Crippen LogP contribution >= 0.6 is 0 Å². The average molecular weight is 407 g/mol. The maximum absolute atomic E-state index is 12.3. The smallest absolute Gasteiger partial charge is 0.407 e. The van der Waals surface area contributed by atoms with Crippen molar-refractivity contribution >= 4 is 17.7 Å². The average Bonchev–Trinajstić information content (AvgIpc) is 2.68. The number of carbonyl (C=O) groups is 2. The third-order valence-electron chi connectivity index (χ3n) is 4.72. The van der Waals surface area contributed by atoms with E-state index < -0.39 is 17.7 Å². The molecule has 1 aromatic rings. The van der Waals surface area contributed by atoms with E-state index in [2.05, 4.69) is 20.5 Å². The van der Waals surface area contributed by atoms with Gasteiger partial charge in [0.15, 0.2) is 0 Å². The van der Waals surface area contributed by atoms with Crippen molar-refractivity contribution in [3.63, 3.8) is 0 Å². The number of esters is 1. The number of nitrogens with zero attached hydrogens (tertiary/aromatic N) is 2. The zero-order valence-electron chi connectivity index (χ0n) is 17.9. The van der Waals surface area contributed by atoms with Gasteiger partial charge in [0.1, 0.15) is 11.6 Å². The van der Waals surface area contributed by atoms with E-state index in [-0.39, 0.29) is 12.5 Å². The standard InChI is InChI=1S/C21H34N4O4/c1-5-28-19(26)18(15-24-20(27)29-21(2,3)4)23-14-16-8-12-25(13-9-16)17-6-10-22-11-7-17/h6-7,10-11,16,18,23H,5,8-9,12-15H2,1-4H3,(H,24,27). The topological polar surface area (TPSA) is 92.8 Å². The fourth-order valence-corrected chi connectivity index (χ4v) is 3.24. The second-order valence-electron chi connectivity index (χ2n) is 8.23. The molecular formula is C21H34N4O4. The van der Waals surface area contributed by atoms with Crippen LogP contribution in [0.3, 0.4) is 0 Å². The normalized spacial score (nSPS) is 16.2. The quantitative estimate of drug-likeness (QED) is 0.640. The summed E-state index contributed by atoms with van der Waals surface area (Å²) >= 11 is 0.